The maximum absolute atomic E-state index is 13.1. The van der Waals surface area contributed by atoms with Gasteiger partial charge in [0.1, 0.15) is 5.75 Å². The minimum Gasteiger partial charge on any atom is -0.508 e. The number of piperazine rings is 1. The molecule has 1 unspecified atom stereocenters. The molecule has 1 N–H and O–H groups in total. The number of carbonyl (C=O) groups is 1. The molecule has 2 aliphatic heterocycles. The molecule has 27 heavy (non-hydrogen) atoms. The number of hydrogen-bond acceptors (Lipinski definition) is 6. The van der Waals surface area contributed by atoms with E-state index >= 15 is 0 Å². The van der Waals surface area contributed by atoms with Crippen molar-refractivity contribution in [1.82, 2.24) is 14.8 Å². The van der Waals surface area contributed by atoms with E-state index < -0.39 is 0 Å². The molecule has 1 aromatic heterocycles. The summed E-state index contributed by atoms with van der Waals surface area (Å²) in [5.41, 5.74) is 1.85. The molecule has 1 aromatic carbocycles. The number of aromatic hydroxyl groups is 1. The number of rotatable bonds is 4. The third kappa shape index (κ3) is 4.05. The molecule has 0 aliphatic carbocycles. The highest BCUT2D eigenvalue weighted by atomic mass is 32.1. The normalized spacial score (nSPS) is 21.4. The number of benzene rings is 1. The summed E-state index contributed by atoms with van der Waals surface area (Å²) >= 11 is 1.64. The van der Waals surface area contributed by atoms with Crippen LogP contribution in [0.4, 0.5) is 0 Å². The summed E-state index contributed by atoms with van der Waals surface area (Å²) in [6.45, 7) is 4.13. The fourth-order valence-corrected chi connectivity index (χ4v) is 4.31. The molecule has 0 spiro atoms. The fraction of sp³-hybridized carbons (Fsp3) is 0.400. The summed E-state index contributed by atoms with van der Waals surface area (Å²) in [6.07, 6.45) is 0.665. The van der Waals surface area contributed by atoms with Gasteiger partial charge in [-0.15, -0.1) is 11.3 Å². The zero-order valence-electron chi connectivity index (χ0n) is 15.4. The van der Waals surface area contributed by atoms with Gasteiger partial charge in [0.05, 0.1) is 23.2 Å². The largest absolute Gasteiger partial charge is 0.508 e. The number of amides is 1. The predicted molar refractivity (Wildman–Crippen MR) is 107 cm³/mol. The van der Waals surface area contributed by atoms with Crippen LogP contribution in [0.1, 0.15) is 22.9 Å². The molecular weight excluding hydrogens is 360 g/mol. The van der Waals surface area contributed by atoms with Crippen molar-refractivity contribution >= 4 is 23.0 Å². The summed E-state index contributed by atoms with van der Waals surface area (Å²) in [4.78, 5) is 18.6. The van der Waals surface area contributed by atoms with Gasteiger partial charge in [-0.05, 0) is 36.2 Å². The maximum atomic E-state index is 13.1. The van der Waals surface area contributed by atoms with Crippen molar-refractivity contribution in [3.8, 4) is 5.75 Å². The SMILES string of the molecule is CN1CCN(CC(=O)N2N=C(c3cccs3)CC2c2cccc(O)c2)CC1. The third-order valence-electron chi connectivity index (χ3n) is 5.18. The molecule has 0 saturated carbocycles. The highest BCUT2D eigenvalue weighted by Gasteiger charge is 2.34. The lowest BCUT2D eigenvalue weighted by atomic mass is 10.0. The summed E-state index contributed by atoms with van der Waals surface area (Å²) in [5, 5.41) is 18.2. The van der Waals surface area contributed by atoms with E-state index in [1.54, 1.807) is 28.5 Å². The first-order chi connectivity index (χ1) is 13.1. The lowest BCUT2D eigenvalue weighted by Crippen LogP contribution is -2.48. The molecule has 0 radical (unpaired) electrons. The summed E-state index contributed by atoms with van der Waals surface area (Å²) < 4.78 is 0. The lowest BCUT2D eigenvalue weighted by Gasteiger charge is -2.33. The first-order valence-electron chi connectivity index (χ1n) is 9.23. The maximum Gasteiger partial charge on any atom is 0.257 e. The van der Waals surface area contributed by atoms with E-state index in [1.807, 2.05) is 29.6 Å². The van der Waals surface area contributed by atoms with Crippen LogP contribution in [-0.4, -0.2) is 71.3 Å². The average Bonchev–Trinajstić information content (AvgIpc) is 3.33. The molecule has 2 aliphatic rings. The van der Waals surface area contributed by atoms with E-state index in [1.165, 1.54) is 0 Å². The Morgan fingerprint density at radius 1 is 1.22 bits per heavy atom. The Labute approximate surface area is 163 Å². The van der Waals surface area contributed by atoms with Gasteiger partial charge in [-0.25, -0.2) is 5.01 Å². The lowest BCUT2D eigenvalue weighted by molar-refractivity contribution is -0.134. The molecule has 1 fully saturated rings. The Balaban J connectivity index is 1.56. The molecule has 6 nitrogen and oxygen atoms in total. The monoisotopic (exact) mass is 384 g/mol. The van der Waals surface area contributed by atoms with Crippen LogP contribution in [0.2, 0.25) is 0 Å². The molecule has 4 rings (SSSR count). The Morgan fingerprint density at radius 2 is 2.04 bits per heavy atom. The summed E-state index contributed by atoms with van der Waals surface area (Å²) in [7, 11) is 2.11. The van der Waals surface area contributed by atoms with Crippen LogP contribution >= 0.6 is 11.3 Å². The predicted octanol–water partition coefficient (Wildman–Crippen LogP) is 2.38. The zero-order valence-corrected chi connectivity index (χ0v) is 16.2. The first kappa shape index (κ1) is 18.2. The van der Waals surface area contributed by atoms with Crippen molar-refractivity contribution in [2.75, 3.05) is 39.8 Å². The Hall–Kier alpha value is -2.22. The van der Waals surface area contributed by atoms with Crippen LogP contribution in [0.5, 0.6) is 5.75 Å². The van der Waals surface area contributed by atoms with E-state index in [0.29, 0.717) is 13.0 Å². The second kappa shape index (κ2) is 7.80. The van der Waals surface area contributed by atoms with E-state index in [4.69, 9.17) is 5.10 Å². The molecule has 1 atom stereocenters. The van der Waals surface area contributed by atoms with Crippen LogP contribution < -0.4 is 0 Å². The average molecular weight is 385 g/mol. The Bertz CT molecular complexity index is 828. The first-order valence-corrected chi connectivity index (χ1v) is 10.1. The van der Waals surface area contributed by atoms with E-state index in [9.17, 15) is 9.90 Å². The van der Waals surface area contributed by atoms with Gasteiger partial charge >= 0.3 is 0 Å². The third-order valence-corrected chi connectivity index (χ3v) is 6.10. The van der Waals surface area contributed by atoms with Crippen molar-refractivity contribution in [3.05, 3.63) is 52.2 Å². The minimum atomic E-state index is -0.172. The second-order valence-electron chi connectivity index (χ2n) is 7.16. The number of hydrazone groups is 1. The summed E-state index contributed by atoms with van der Waals surface area (Å²) in [5.74, 6) is 0.225. The van der Waals surface area contributed by atoms with Crippen LogP contribution in [0.3, 0.4) is 0 Å². The molecule has 1 saturated heterocycles. The molecule has 2 aromatic rings. The van der Waals surface area contributed by atoms with Crippen molar-refractivity contribution < 1.29 is 9.90 Å². The molecular formula is C20H24N4O2S. The molecule has 142 valence electrons. The number of nitrogens with zero attached hydrogens (tertiary/aromatic N) is 4. The topological polar surface area (TPSA) is 59.4 Å². The molecule has 1 amide bonds. The van der Waals surface area contributed by atoms with Crippen LogP contribution in [0.15, 0.2) is 46.9 Å². The van der Waals surface area contributed by atoms with Crippen molar-refractivity contribution in [1.29, 1.82) is 0 Å². The number of thiophene rings is 1. The van der Waals surface area contributed by atoms with Gasteiger partial charge in [0, 0.05) is 32.6 Å². The van der Waals surface area contributed by atoms with Crippen LogP contribution in [-0.2, 0) is 4.79 Å². The fourth-order valence-electron chi connectivity index (χ4n) is 3.59. The van der Waals surface area contributed by atoms with Gasteiger partial charge in [-0.1, -0.05) is 18.2 Å². The smallest absolute Gasteiger partial charge is 0.257 e. The van der Waals surface area contributed by atoms with Crippen LogP contribution in [0.25, 0.3) is 0 Å². The minimum absolute atomic E-state index is 0.0134. The van der Waals surface area contributed by atoms with Gasteiger partial charge in [-0.2, -0.15) is 5.10 Å². The van der Waals surface area contributed by atoms with Gasteiger partial charge in [-0.3, -0.25) is 9.69 Å². The van der Waals surface area contributed by atoms with E-state index in [-0.39, 0.29) is 17.7 Å². The van der Waals surface area contributed by atoms with Gasteiger partial charge in [0.15, 0.2) is 0 Å². The number of carbonyl (C=O) groups excluding carboxylic acids is 1. The number of phenolic OH excluding ortho intramolecular Hbond substituents is 1. The standard InChI is InChI=1S/C20H24N4O2S/c1-22-7-9-23(10-8-22)14-20(26)24-18(15-4-2-5-16(25)12-15)13-17(21-24)19-6-3-11-27-19/h2-6,11-12,18,25H,7-10,13-14H2,1H3. The highest BCUT2D eigenvalue weighted by molar-refractivity contribution is 7.12. The van der Waals surface area contributed by atoms with Gasteiger partial charge in [0.2, 0.25) is 0 Å². The van der Waals surface area contributed by atoms with Gasteiger partial charge in [0.25, 0.3) is 5.91 Å². The van der Waals surface area contributed by atoms with Crippen LogP contribution in [0, 0.1) is 0 Å². The van der Waals surface area contributed by atoms with E-state index in [2.05, 4.69) is 16.8 Å². The van der Waals surface area contributed by atoms with Crippen molar-refractivity contribution in [3.63, 3.8) is 0 Å². The number of likely N-dealkylation sites (N-methyl/N-ethyl adjacent to an activating group) is 1. The summed E-state index contributed by atoms with van der Waals surface area (Å²) in [6, 6.07) is 11.0. The molecule has 0 bridgehead atoms. The van der Waals surface area contributed by atoms with E-state index in [0.717, 1.165) is 42.3 Å². The second-order valence-corrected chi connectivity index (χ2v) is 8.10. The molecule has 3 heterocycles. The number of hydrogen-bond donors (Lipinski definition) is 1. The zero-order chi connectivity index (χ0) is 18.8. The highest BCUT2D eigenvalue weighted by Crippen LogP contribution is 2.35. The Morgan fingerprint density at radius 3 is 2.74 bits per heavy atom. The van der Waals surface area contributed by atoms with Crippen molar-refractivity contribution in [2.24, 2.45) is 5.10 Å². The van der Waals surface area contributed by atoms with Gasteiger partial charge < -0.3 is 10.0 Å². The number of phenols is 1. The molecule has 7 heteroatoms. The Kier molecular flexibility index (Phi) is 5.24. The van der Waals surface area contributed by atoms with Crippen molar-refractivity contribution in [2.45, 2.75) is 12.5 Å². The quantitative estimate of drug-likeness (QED) is 0.879.